The Kier molecular flexibility index (Phi) is 9.55. The van der Waals surface area contributed by atoms with Crippen LogP contribution in [0, 0.1) is 5.92 Å². The molecule has 3 rings (SSSR count). The van der Waals surface area contributed by atoms with E-state index < -0.39 is 0 Å². The minimum atomic E-state index is -0.127. The number of aromatic nitrogens is 2. The number of carbonyl (C=O) groups is 2. The molecule has 9 heteroatoms. The smallest absolute Gasteiger partial charge is 0.224 e. The minimum absolute atomic E-state index is 0. The number of halogens is 2. The van der Waals surface area contributed by atoms with Crippen molar-refractivity contribution in [3.8, 4) is 0 Å². The van der Waals surface area contributed by atoms with E-state index in [1.165, 1.54) is 0 Å². The number of aryl methyl sites for hydroxylation is 1. The number of amides is 2. The standard InChI is InChI=1S/C18H25N5O2.2ClH/c19-8-9-20-18(25)14-4-3-10-22(12-14)17(24)7-11-23-13-21-15-5-1-2-6-16(15)23;;/h1-2,5-6,13-14H,3-4,7-12,19H2,(H,20,25);2*1H. The first kappa shape index (κ1) is 23.2. The second-order valence-corrected chi connectivity index (χ2v) is 6.44. The summed E-state index contributed by atoms with van der Waals surface area (Å²) in [6.45, 7) is 2.74. The van der Waals surface area contributed by atoms with Crippen LogP contribution < -0.4 is 11.1 Å². The summed E-state index contributed by atoms with van der Waals surface area (Å²) in [7, 11) is 0. The van der Waals surface area contributed by atoms with Crippen molar-refractivity contribution < 1.29 is 9.59 Å². The summed E-state index contributed by atoms with van der Waals surface area (Å²) >= 11 is 0. The second kappa shape index (κ2) is 11.1. The third-order valence-electron chi connectivity index (χ3n) is 4.68. The lowest BCUT2D eigenvalue weighted by molar-refractivity contribution is -0.135. The molecule has 2 aromatic rings. The van der Waals surface area contributed by atoms with Gasteiger partial charge in [-0.3, -0.25) is 9.59 Å². The molecule has 1 fully saturated rings. The van der Waals surface area contributed by atoms with Crippen LogP contribution in [-0.4, -0.2) is 52.4 Å². The molecule has 150 valence electrons. The number of hydrogen-bond acceptors (Lipinski definition) is 4. The fraction of sp³-hybridized carbons (Fsp3) is 0.500. The Morgan fingerprint density at radius 1 is 1.26 bits per heavy atom. The molecule has 7 nitrogen and oxygen atoms in total. The molecule has 0 spiro atoms. The van der Waals surface area contributed by atoms with Crippen LogP contribution in [0.3, 0.4) is 0 Å². The number of para-hydroxylation sites is 2. The Bertz CT molecular complexity index is 752. The van der Waals surface area contributed by atoms with E-state index in [1.54, 1.807) is 6.33 Å². The number of likely N-dealkylation sites (tertiary alicyclic amines) is 1. The molecule has 2 heterocycles. The lowest BCUT2D eigenvalue weighted by Gasteiger charge is -2.32. The fourth-order valence-electron chi connectivity index (χ4n) is 3.32. The number of nitrogens with two attached hydrogens (primary N) is 1. The molecule has 1 aromatic carbocycles. The number of nitrogens with one attached hydrogen (secondary N) is 1. The van der Waals surface area contributed by atoms with E-state index in [2.05, 4.69) is 10.3 Å². The molecule has 1 aromatic heterocycles. The molecule has 1 aliphatic heterocycles. The first-order valence-corrected chi connectivity index (χ1v) is 8.84. The molecule has 0 radical (unpaired) electrons. The van der Waals surface area contributed by atoms with Crippen molar-refractivity contribution in [2.24, 2.45) is 11.7 Å². The molecule has 27 heavy (non-hydrogen) atoms. The third kappa shape index (κ3) is 5.82. The Morgan fingerprint density at radius 2 is 2.04 bits per heavy atom. The highest BCUT2D eigenvalue weighted by molar-refractivity contribution is 5.85. The zero-order valence-electron chi connectivity index (χ0n) is 15.2. The number of piperidine rings is 1. The van der Waals surface area contributed by atoms with Gasteiger partial charge in [0.2, 0.25) is 11.8 Å². The van der Waals surface area contributed by atoms with E-state index in [0.717, 1.165) is 30.4 Å². The molecule has 0 bridgehead atoms. The third-order valence-corrected chi connectivity index (χ3v) is 4.68. The zero-order chi connectivity index (χ0) is 17.6. The Hall–Kier alpha value is -1.83. The lowest BCUT2D eigenvalue weighted by Crippen LogP contribution is -2.46. The molecule has 1 unspecified atom stereocenters. The van der Waals surface area contributed by atoms with E-state index in [0.29, 0.717) is 32.6 Å². The van der Waals surface area contributed by atoms with Gasteiger partial charge in [-0.1, -0.05) is 12.1 Å². The quantitative estimate of drug-likeness (QED) is 0.748. The predicted molar refractivity (Wildman–Crippen MR) is 110 cm³/mol. The summed E-state index contributed by atoms with van der Waals surface area (Å²) in [6.07, 6.45) is 3.88. The highest BCUT2D eigenvalue weighted by Crippen LogP contribution is 2.18. The van der Waals surface area contributed by atoms with Crippen LogP contribution >= 0.6 is 24.8 Å². The molecule has 3 N–H and O–H groups in total. The van der Waals surface area contributed by atoms with Crippen LogP contribution in [-0.2, 0) is 16.1 Å². The van der Waals surface area contributed by atoms with Gasteiger partial charge in [0.05, 0.1) is 23.3 Å². The van der Waals surface area contributed by atoms with Crippen LogP contribution in [0.15, 0.2) is 30.6 Å². The zero-order valence-corrected chi connectivity index (χ0v) is 16.8. The Labute approximate surface area is 171 Å². The van der Waals surface area contributed by atoms with E-state index in [9.17, 15) is 9.59 Å². The number of hydrogen-bond donors (Lipinski definition) is 2. The highest BCUT2D eigenvalue weighted by atomic mass is 35.5. The van der Waals surface area contributed by atoms with Crippen LogP contribution in [0.1, 0.15) is 19.3 Å². The number of imidazole rings is 1. The summed E-state index contributed by atoms with van der Waals surface area (Å²) in [5.74, 6) is -0.0315. The predicted octanol–water partition coefficient (Wildman–Crippen LogP) is 1.58. The van der Waals surface area contributed by atoms with E-state index >= 15 is 0 Å². The molecule has 1 aliphatic rings. The average Bonchev–Trinajstić information content (AvgIpc) is 3.07. The number of rotatable bonds is 6. The van der Waals surface area contributed by atoms with Crippen molar-refractivity contribution in [3.05, 3.63) is 30.6 Å². The maximum absolute atomic E-state index is 12.6. The second-order valence-electron chi connectivity index (χ2n) is 6.44. The molecule has 0 saturated carbocycles. The van der Waals surface area contributed by atoms with Gasteiger partial charge in [-0.25, -0.2) is 4.98 Å². The largest absolute Gasteiger partial charge is 0.355 e. The molecule has 1 atom stereocenters. The molecular formula is C18H27Cl2N5O2. The van der Waals surface area contributed by atoms with Gasteiger partial charge in [-0.15, -0.1) is 24.8 Å². The first-order chi connectivity index (χ1) is 12.2. The number of nitrogens with zero attached hydrogens (tertiary/aromatic N) is 3. The molecule has 2 amide bonds. The van der Waals surface area contributed by atoms with Gasteiger partial charge >= 0.3 is 0 Å². The van der Waals surface area contributed by atoms with Gasteiger partial charge in [0.15, 0.2) is 0 Å². The van der Waals surface area contributed by atoms with Gasteiger partial charge in [-0.05, 0) is 25.0 Å². The Balaban J connectivity index is 0.00000182. The monoisotopic (exact) mass is 415 g/mol. The topological polar surface area (TPSA) is 93.3 Å². The Morgan fingerprint density at radius 3 is 2.81 bits per heavy atom. The highest BCUT2D eigenvalue weighted by Gasteiger charge is 2.27. The maximum atomic E-state index is 12.6. The van der Waals surface area contributed by atoms with E-state index in [1.807, 2.05) is 33.7 Å². The van der Waals surface area contributed by atoms with Gasteiger partial charge in [0.1, 0.15) is 0 Å². The van der Waals surface area contributed by atoms with Gasteiger partial charge < -0.3 is 20.5 Å². The van der Waals surface area contributed by atoms with Gasteiger partial charge in [0, 0.05) is 39.1 Å². The van der Waals surface area contributed by atoms with E-state index in [4.69, 9.17) is 5.73 Å². The van der Waals surface area contributed by atoms with Crippen molar-refractivity contribution in [3.63, 3.8) is 0 Å². The van der Waals surface area contributed by atoms with E-state index in [-0.39, 0.29) is 42.5 Å². The molecule has 1 saturated heterocycles. The van der Waals surface area contributed by atoms with Gasteiger partial charge in [0.25, 0.3) is 0 Å². The number of benzene rings is 1. The van der Waals surface area contributed by atoms with Crippen LogP contribution in [0.25, 0.3) is 11.0 Å². The number of fused-ring (bicyclic) bond motifs is 1. The number of carbonyl (C=O) groups excluding carboxylic acids is 2. The fourth-order valence-corrected chi connectivity index (χ4v) is 3.32. The minimum Gasteiger partial charge on any atom is -0.355 e. The average molecular weight is 416 g/mol. The van der Waals surface area contributed by atoms with Crippen molar-refractivity contribution >= 4 is 47.7 Å². The molecule has 0 aliphatic carbocycles. The van der Waals surface area contributed by atoms with Crippen molar-refractivity contribution in [1.82, 2.24) is 19.8 Å². The SMILES string of the molecule is Cl.Cl.NCCNC(=O)C1CCCN(C(=O)CCn2cnc3ccccc32)C1. The summed E-state index contributed by atoms with van der Waals surface area (Å²) in [4.78, 5) is 30.8. The normalized spacial score (nSPS) is 16.3. The van der Waals surface area contributed by atoms with Gasteiger partial charge in [-0.2, -0.15) is 0 Å². The molecular weight excluding hydrogens is 389 g/mol. The maximum Gasteiger partial charge on any atom is 0.224 e. The summed E-state index contributed by atoms with van der Waals surface area (Å²) in [5.41, 5.74) is 7.39. The summed E-state index contributed by atoms with van der Waals surface area (Å²) < 4.78 is 2.00. The van der Waals surface area contributed by atoms with Crippen molar-refractivity contribution in [2.75, 3.05) is 26.2 Å². The van der Waals surface area contributed by atoms with Crippen LogP contribution in [0.4, 0.5) is 0 Å². The van der Waals surface area contributed by atoms with Crippen molar-refractivity contribution in [2.45, 2.75) is 25.8 Å². The first-order valence-electron chi connectivity index (χ1n) is 8.84. The summed E-state index contributed by atoms with van der Waals surface area (Å²) in [6, 6.07) is 7.89. The van der Waals surface area contributed by atoms with Crippen LogP contribution in [0.5, 0.6) is 0 Å². The van der Waals surface area contributed by atoms with Crippen LogP contribution in [0.2, 0.25) is 0 Å². The van der Waals surface area contributed by atoms with Crippen molar-refractivity contribution in [1.29, 1.82) is 0 Å². The lowest BCUT2D eigenvalue weighted by atomic mass is 9.97. The summed E-state index contributed by atoms with van der Waals surface area (Å²) in [5, 5.41) is 2.82.